The first kappa shape index (κ1) is 13.4. The van der Waals surface area contributed by atoms with E-state index in [1.54, 1.807) is 0 Å². The zero-order chi connectivity index (χ0) is 15.1. The van der Waals surface area contributed by atoms with E-state index in [9.17, 15) is 4.79 Å². The van der Waals surface area contributed by atoms with E-state index < -0.39 is 0 Å². The van der Waals surface area contributed by atoms with Gasteiger partial charge in [0, 0.05) is 23.5 Å². The molecule has 0 unspecified atom stereocenters. The van der Waals surface area contributed by atoms with E-state index in [-0.39, 0.29) is 11.9 Å². The predicted molar refractivity (Wildman–Crippen MR) is 84.4 cm³/mol. The van der Waals surface area contributed by atoms with Gasteiger partial charge in [0.1, 0.15) is 0 Å². The van der Waals surface area contributed by atoms with Crippen molar-refractivity contribution in [2.75, 3.05) is 19.6 Å². The first-order valence-corrected chi connectivity index (χ1v) is 7.72. The zero-order valence-corrected chi connectivity index (χ0v) is 12.3. The summed E-state index contributed by atoms with van der Waals surface area (Å²) in [6, 6.07) is 5.78. The van der Waals surface area contributed by atoms with Crippen molar-refractivity contribution in [3.63, 3.8) is 0 Å². The van der Waals surface area contributed by atoms with Crippen molar-refractivity contribution < 1.29 is 4.79 Å². The van der Waals surface area contributed by atoms with Gasteiger partial charge in [-0.25, -0.2) is 0 Å². The van der Waals surface area contributed by atoms with Crippen molar-refractivity contribution in [2.24, 2.45) is 5.92 Å². The average molecular weight is 294 g/mol. The Morgan fingerprint density at radius 2 is 2.23 bits per heavy atom. The molecule has 22 heavy (non-hydrogen) atoms. The Morgan fingerprint density at radius 1 is 1.41 bits per heavy atom. The van der Waals surface area contributed by atoms with Gasteiger partial charge in [-0.05, 0) is 50.0 Å². The number of terminal acetylenes is 1. The van der Waals surface area contributed by atoms with Gasteiger partial charge in [0.2, 0.25) is 0 Å². The van der Waals surface area contributed by atoms with Gasteiger partial charge in [-0.15, -0.1) is 6.42 Å². The fourth-order valence-electron chi connectivity index (χ4n) is 3.64. The van der Waals surface area contributed by atoms with Crippen molar-refractivity contribution in [1.29, 1.82) is 0 Å². The van der Waals surface area contributed by atoms with Gasteiger partial charge in [0.25, 0.3) is 5.91 Å². The topological polar surface area (TPSA) is 61.0 Å². The summed E-state index contributed by atoms with van der Waals surface area (Å²) in [7, 11) is 0. The number of nitrogens with one attached hydrogen (secondary N) is 2. The van der Waals surface area contributed by atoms with Gasteiger partial charge in [0.05, 0.1) is 5.52 Å². The number of carbonyl (C=O) groups excluding carboxylic acids is 1. The molecule has 0 radical (unpaired) electrons. The summed E-state index contributed by atoms with van der Waals surface area (Å²) in [5, 5.41) is 11.0. The Kier molecular flexibility index (Phi) is 3.12. The van der Waals surface area contributed by atoms with Crippen LogP contribution in [0.1, 0.15) is 28.9 Å². The van der Waals surface area contributed by atoms with Crippen LogP contribution >= 0.6 is 0 Å². The Balaban J connectivity index is 1.59. The summed E-state index contributed by atoms with van der Waals surface area (Å²) in [5.74, 6) is 3.08. The molecule has 2 N–H and O–H groups in total. The molecule has 1 atom stereocenters. The molecule has 0 saturated carbocycles. The molecule has 3 aliphatic heterocycles. The standard InChI is InChI=1S/C17H18N4O/c1-2-11-3-4-14-13(9-11)16(20-19-14)17(22)18-15-10-21-7-5-12(15)6-8-21/h1,3-4,9,12,15H,5-8,10H2,(H,18,22)(H,19,20)/t15-/m0/s1. The Labute approximate surface area is 129 Å². The predicted octanol–water partition coefficient (Wildman–Crippen LogP) is 1.37. The normalized spacial score (nSPS) is 26.8. The number of aromatic nitrogens is 2. The molecule has 5 nitrogen and oxygen atoms in total. The molecule has 3 fully saturated rings. The third-order valence-electron chi connectivity index (χ3n) is 4.92. The second-order valence-electron chi connectivity index (χ2n) is 6.19. The first-order chi connectivity index (χ1) is 10.7. The molecular formula is C17H18N4O. The molecule has 2 bridgehead atoms. The van der Waals surface area contributed by atoms with Gasteiger partial charge in [-0.1, -0.05) is 5.92 Å². The van der Waals surface area contributed by atoms with Gasteiger partial charge in [0.15, 0.2) is 5.69 Å². The largest absolute Gasteiger partial charge is 0.346 e. The lowest BCUT2D eigenvalue weighted by Crippen LogP contribution is -2.57. The van der Waals surface area contributed by atoms with E-state index in [4.69, 9.17) is 6.42 Å². The number of piperidine rings is 3. The van der Waals surface area contributed by atoms with Crippen LogP contribution in [-0.4, -0.2) is 46.7 Å². The zero-order valence-electron chi connectivity index (χ0n) is 12.3. The van der Waals surface area contributed by atoms with Crippen LogP contribution in [0.3, 0.4) is 0 Å². The molecule has 2 aromatic rings. The summed E-state index contributed by atoms with van der Waals surface area (Å²) in [5.41, 5.74) is 2.02. The number of H-pyrrole nitrogens is 1. The number of nitrogens with zero attached hydrogens (tertiary/aromatic N) is 2. The van der Waals surface area contributed by atoms with Gasteiger partial charge in [-0.3, -0.25) is 9.89 Å². The maximum Gasteiger partial charge on any atom is 0.272 e. The second-order valence-corrected chi connectivity index (χ2v) is 6.19. The van der Waals surface area contributed by atoms with E-state index >= 15 is 0 Å². The van der Waals surface area contributed by atoms with Crippen molar-refractivity contribution in [3.05, 3.63) is 29.5 Å². The number of aromatic amines is 1. The van der Waals surface area contributed by atoms with Crippen LogP contribution in [0.25, 0.3) is 10.9 Å². The number of hydrogen-bond donors (Lipinski definition) is 2. The minimum Gasteiger partial charge on any atom is -0.346 e. The van der Waals surface area contributed by atoms with Crippen LogP contribution in [0.4, 0.5) is 0 Å². The van der Waals surface area contributed by atoms with Crippen molar-refractivity contribution >= 4 is 16.8 Å². The van der Waals surface area contributed by atoms with Gasteiger partial charge >= 0.3 is 0 Å². The summed E-state index contributed by atoms with van der Waals surface area (Å²) < 4.78 is 0. The number of amides is 1. The van der Waals surface area contributed by atoms with Crippen molar-refractivity contribution in [1.82, 2.24) is 20.4 Å². The lowest BCUT2D eigenvalue weighted by atomic mass is 9.84. The van der Waals surface area contributed by atoms with E-state index in [2.05, 4.69) is 26.3 Å². The highest BCUT2D eigenvalue weighted by atomic mass is 16.2. The molecule has 0 spiro atoms. The number of hydrogen-bond acceptors (Lipinski definition) is 3. The van der Waals surface area contributed by atoms with Crippen LogP contribution in [0.5, 0.6) is 0 Å². The van der Waals surface area contributed by atoms with Gasteiger partial charge < -0.3 is 10.2 Å². The minimum absolute atomic E-state index is 0.112. The molecule has 112 valence electrons. The highest BCUT2D eigenvalue weighted by molar-refractivity contribution is 6.05. The van der Waals surface area contributed by atoms with E-state index in [0.717, 1.165) is 36.1 Å². The van der Waals surface area contributed by atoms with E-state index in [0.29, 0.717) is 11.6 Å². The van der Waals surface area contributed by atoms with Crippen LogP contribution < -0.4 is 5.32 Å². The van der Waals surface area contributed by atoms with Crippen molar-refractivity contribution in [3.8, 4) is 12.3 Å². The number of carbonyl (C=O) groups is 1. The monoisotopic (exact) mass is 294 g/mol. The van der Waals surface area contributed by atoms with E-state index in [1.807, 2.05) is 18.2 Å². The lowest BCUT2D eigenvalue weighted by Gasteiger charge is -2.44. The molecule has 5 heteroatoms. The molecule has 1 aromatic heterocycles. The first-order valence-electron chi connectivity index (χ1n) is 7.72. The summed E-state index contributed by atoms with van der Waals surface area (Å²) in [6.45, 7) is 3.27. The Bertz CT molecular complexity index is 765. The number of rotatable bonds is 2. The molecule has 0 aliphatic carbocycles. The highest BCUT2D eigenvalue weighted by Gasteiger charge is 2.35. The molecule has 1 amide bonds. The summed E-state index contributed by atoms with van der Waals surface area (Å²) >= 11 is 0. The second kappa shape index (κ2) is 5.15. The molecule has 5 rings (SSSR count). The molecule has 3 aliphatic rings. The Morgan fingerprint density at radius 3 is 2.91 bits per heavy atom. The van der Waals surface area contributed by atoms with Crippen LogP contribution in [0, 0.1) is 18.3 Å². The average Bonchev–Trinajstić information content (AvgIpc) is 2.99. The van der Waals surface area contributed by atoms with Crippen LogP contribution in [0.2, 0.25) is 0 Å². The number of fused-ring (bicyclic) bond motifs is 4. The molecular weight excluding hydrogens is 276 g/mol. The SMILES string of the molecule is C#Cc1ccc2[nH]nc(C(=O)N[C@H]3CN4CCC3CC4)c2c1. The third-order valence-corrected chi connectivity index (χ3v) is 4.92. The van der Waals surface area contributed by atoms with Crippen LogP contribution in [0.15, 0.2) is 18.2 Å². The minimum atomic E-state index is -0.112. The smallest absolute Gasteiger partial charge is 0.272 e. The van der Waals surface area contributed by atoms with Crippen molar-refractivity contribution in [2.45, 2.75) is 18.9 Å². The van der Waals surface area contributed by atoms with Crippen LogP contribution in [-0.2, 0) is 0 Å². The maximum atomic E-state index is 12.6. The Hall–Kier alpha value is -2.32. The van der Waals surface area contributed by atoms with Gasteiger partial charge in [-0.2, -0.15) is 5.10 Å². The van der Waals surface area contributed by atoms with E-state index in [1.165, 1.54) is 12.8 Å². The summed E-state index contributed by atoms with van der Waals surface area (Å²) in [6.07, 6.45) is 7.79. The molecule has 3 saturated heterocycles. The summed E-state index contributed by atoms with van der Waals surface area (Å²) in [4.78, 5) is 15.0. The highest BCUT2D eigenvalue weighted by Crippen LogP contribution is 2.28. The molecule has 1 aromatic carbocycles. The lowest BCUT2D eigenvalue weighted by molar-refractivity contribution is 0.0618. The third kappa shape index (κ3) is 2.16. The fourth-order valence-corrected chi connectivity index (χ4v) is 3.64. The quantitative estimate of drug-likeness (QED) is 0.822. The maximum absolute atomic E-state index is 12.6. The number of benzene rings is 1. The molecule has 4 heterocycles. The fraction of sp³-hybridized carbons (Fsp3) is 0.412.